The molecule has 1 aliphatic heterocycles. The molecule has 4 rings (SSSR count). The molecule has 1 N–H and O–H groups in total. The van der Waals surface area contributed by atoms with Gasteiger partial charge in [0.15, 0.2) is 5.69 Å². The summed E-state index contributed by atoms with van der Waals surface area (Å²) in [7, 11) is 0. The van der Waals surface area contributed by atoms with Crippen molar-refractivity contribution in [3.05, 3.63) is 70.1 Å². The van der Waals surface area contributed by atoms with Crippen LogP contribution in [0.3, 0.4) is 0 Å². The van der Waals surface area contributed by atoms with Crippen LogP contribution in [0.15, 0.2) is 53.3 Å². The van der Waals surface area contributed by atoms with Crippen LogP contribution in [0.25, 0.3) is 10.8 Å². The molecule has 1 aromatic heterocycles. The monoisotopic (exact) mass is 305 g/mol. The molecule has 5 nitrogen and oxygen atoms in total. The van der Waals surface area contributed by atoms with Gasteiger partial charge < -0.3 is 4.90 Å². The summed E-state index contributed by atoms with van der Waals surface area (Å²) in [5.41, 5.74) is 2.11. The summed E-state index contributed by atoms with van der Waals surface area (Å²) in [4.78, 5) is 26.7. The van der Waals surface area contributed by atoms with Gasteiger partial charge in [0.1, 0.15) is 0 Å². The van der Waals surface area contributed by atoms with Crippen LogP contribution in [0.2, 0.25) is 0 Å². The summed E-state index contributed by atoms with van der Waals surface area (Å²) < 4.78 is 0. The molecule has 0 atom stereocenters. The maximum atomic E-state index is 13.0. The number of nitrogens with one attached hydrogen (secondary N) is 1. The SMILES string of the molecule is O=C(c1n[nH]c(=O)c2ccccc12)N1CCCc2ccccc21. The third-order valence-electron chi connectivity index (χ3n) is 4.25. The molecule has 0 unspecified atom stereocenters. The lowest BCUT2D eigenvalue weighted by molar-refractivity contribution is 0.0981. The first-order valence-corrected chi connectivity index (χ1v) is 7.63. The number of hydrogen-bond donors (Lipinski definition) is 1. The molecule has 0 fully saturated rings. The Morgan fingerprint density at radius 1 is 1.04 bits per heavy atom. The highest BCUT2D eigenvalue weighted by atomic mass is 16.2. The molecule has 3 aromatic rings. The van der Waals surface area contributed by atoms with Crippen LogP contribution in [-0.4, -0.2) is 22.6 Å². The van der Waals surface area contributed by atoms with Crippen LogP contribution in [0.4, 0.5) is 5.69 Å². The number of aryl methyl sites for hydroxylation is 1. The number of nitrogens with zero attached hydrogens (tertiary/aromatic N) is 2. The molecule has 0 spiro atoms. The molecule has 114 valence electrons. The van der Waals surface area contributed by atoms with Gasteiger partial charge >= 0.3 is 0 Å². The molecule has 23 heavy (non-hydrogen) atoms. The van der Waals surface area contributed by atoms with Gasteiger partial charge in [-0.2, -0.15) is 5.10 Å². The second-order valence-corrected chi connectivity index (χ2v) is 5.64. The van der Waals surface area contributed by atoms with Gasteiger partial charge in [-0.1, -0.05) is 36.4 Å². The summed E-state index contributed by atoms with van der Waals surface area (Å²) in [6.45, 7) is 0.658. The Kier molecular flexibility index (Phi) is 3.19. The van der Waals surface area contributed by atoms with E-state index in [2.05, 4.69) is 10.2 Å². The van der Waals surface area contributed by atoms with Crippen molar-refractivity contribution >= 4 is 22.4 Å². The van der Waals surface area contributed by atoms with Gasteiger partial charge in [0.25, 0.3) is 11.5 Å². The van der Waals surface area contributed by atoms with E-state index in [1.54, 1.807) is 23.1 Å². The normalized spacial score (nSPS) is 13.8. The van der Waals surface area contributed by atoms with Crippen LogP contribution in [0, 0.1) is 0 Å². The number of anilines is 1. The number of fused-ring (bicyclic) bond motifs is 2. The van der Waals surface area contributed by atoms with Crippen LogP contribution in [-0.2, 0) is 6.42 Å². The average molecular weight is 305 g/mol. The number of carbonyl (C=O) groups is 1. The quantitative estimate of drug-likeness (QED) is 0.751. The Labute approximate surface area is 132 Å². The minimum Gasteiger partial charge on any atom is -0.307 e. The Hall–Kier alpha value is -2.95. The number of carbonyl (C=O) groups excluding carboxylic acids is 1. The molecule has 0 saturated carbocycles. The second-order valence-electron chi connectivity index (χ2n) is 5.64. The van der Waals surface area contributed by atoms with Gasteiger partial charge in [-0.05, 0) is 30.5 Å². The van der Waals surface area contributed by atoms with Crippen molar-refractivity contribution in [3.8, 4) is 0 Å². The summed E-state index contributed by atoms with van der Waals surface area (Å²) >= 11 is 0. The van der Waals surface area contributed by atoms with Gasteiger partial charge in [-0.25, -0.2) is 5.10 Å². The minimum absolute atomic E-state index is 0.176. The van der Waals surface area contributed by atoms with E-state index in [4.69, 9.17) is 0 Å². The number of para-hydroxylation sites is 1. The van der Waals surface area contributed by atoms with E-state index in [9.17, 15) is 9.59 Å². The van der Waals surface area contributed by atoms with Crippen LogP contribution in [0.1, 0.15) is 22.5 Å². The predicted molar refractivity (Wildman–Crippen MR) is 88.8 cm³/mol. The van der Waals surface area contributed by atoms with E-state index >= 15 is 0 Å². The van der Waals surface area contributed by atoms with Crippen LogP contribution < -0.4 is 10.5 Å². The molecule has 2 heterocycles. The van der Waals surface area contributed by atoms with Gasteiger partial charge in [0.2, 0.25) is 0 Å². The Bertz CT molecular complexity index is 962. The van der Waals surface area contributed by atoms with E-state index in [0.717, 1.165) is 18.5 Å². The largest absolute Gasteiger partial charge is 0.307 e. The Morgan fingerprint density at radius 3 is 2.65 bits per heavy atom. The Morgan fingerprint density at radius 2 is 1.78 bits per heavy atom. The lowest BCUT2D eigenvalue weighted by atomic mass is 10.0. The molecule has 0 aliphatic carbocycles. The first-order chi connectivity index (χ1) is 11.3. The number of benzene rings is 2. The van der Waals surface area contributed by atoms with E-state index in [0.29, 0.717) is 17.3 Å². The fourth-order valence-corrected chi connectivity index (χ4v) is 3.15. The van der Waals surface area contributed by atoms with Crippen molar-refractivity contribution in [1.29, 1.82) is 0 Å². The molecule has 2 aromatic carbocycles. The summed E-state index contributed by atoms with van der Waals surface area (Å²) in [5.74, 6) is -0.176. The molecule has 5 heteroatoms. The highest BCUT2D eigenvalue weighted by molar-refractivity contribution is 6.12. The molecule has 1 amide bonds. The molecular formula is C18H15N3O2. The van der Waals surface area contributed by atoms with Crippen molar-refractivity contribution in [3.63, 3.8) is 0 Å². The molecule has 0 bridgehead atoms. The van der Waals surface area contributed by atoms with E-state index in [-0.39, 0.29) is 17.2 Å². The van der Waals surface area contributed by atoms with E-state index in [1.165, 1.54) is 5.56 Å². The highest BCUT2D eigenvalue weighted by Crippen LogP contribution is 2.28. The fraction of sp³-hybridized carbons (Fsp3) is 0.167. The lowest BCUT2D eigenvalue weighted by Crippen LogP contribution is -2.36. The molecular weight excluding hydrogens is 290 g/mol. The average Bonchev–Trinajstić information content (AvgIpc) is 2.61. The third-order valence-corrected chi connectivity index (χ3v) is 4.25. The third kappa shape index (κ3) is 2.21. The highest BCUT2D eigenvalue weighted by Gasteiger charge is 2.26. The topological polar surface area (TPSA) is 66.1 Å². The Balaban J connectivity index is 1.86. The number of rotatable bonds is 1. The van der Waals surface area contributed by atoms with Gasteiger partial charge in [-0.15, -0.1) is 0 Å². The van der Waals surface area contributed by atoms with Crippen LogP contribution in [0.5, 0.6) is 0 Å². The summed E-state index contributed by atoms with van der Waals surface area (Å²) in [6.07, 6.45) is 1.89. The minimum atomic E-state index is -0.281. The number of aromatic amines is 1. The smallest absolute Gasteiger partial charge is 0.279 e. The van der Waals surface area contributed by atoms with Crippen LogP contribution >= 0.6 is 0 Å². The van der Waals surface area contributed by atoms with Crippen molar-refractivity contribution in [2.24, 2.45) is 0 Å². The van der Waals surface area contributed by atoms with E-state index in [1.807, 2.05) is 30.3 Å². The van der Waals surface area contributed by atoms with Gasteiger partial charge in [0.05, 0.1) is 5.39 Å². The van der Waals surface area contributed by atoms with E-state index < -0.39 is 0 Å². The van der Waals surface area contributed by atoms with Crippen molar-refractivity contribution in [2.75, 3.05) is 11.4 Å². The maximum Gasteiger partial charge on any atom is 0.279 e. The molecule has 1 aliphatic rings. The van der Waals surface area contributed by atoms with Gasteiger partial charge in [0, 0.05) is 17.6 Å². The summed E-state index contributed by atoms with van der Waals surface area (Å²) in [5, 5.41) is 7.53. The van der Waals surface area contributed by atoms with Crippen molar-refractivity contribution in [1.82, 2.24) is 10.2 Å². The van der Waals surface area contributed by atoms with Crippen molar-refractivity contribution in [2.45, 2.75) is 12.8 Å². The first-order valence-electron chi connectivity index (χ1n) is 7.63. The zero-order valence-electron chi connectivity index (χ0n) is 12.5. The zero-order chi connectivity index (χ0) is 15.8. The molecule has 0 saturated heterocycles. The number of H-pyrrole nitrogens is 1. The maximum absolute atomic E-state index is 13.0. The zero-order valence-corrected chi connectivity index (χ0v) is 12.5. The van der Waals surface area contributed by atoms with Crippen molar-refractivity contribution < 1.29 is 4.79 Å². The number of hydrogen-bond acceptors (Lipinski definition) is 3. The molecule has 0 radical (unpaired) electrons. The fourth-order valence-electron chi connectivity index (χ4n) is 3.15. The van der Waals surface area contributed by atoms with Gasteiger partial charge in [-0.3, -0.25) is 9.59 Å². The predicted octanol–water partition coefficient (Wildman–Crippen LogP) is 2.52. The standard InChI is InChI=1S/C18H15N3O2/c22-17-14-9-3-2-8-13(14)16(19-20-17)18(23)21-11-5-7-12-6-1-4-10-15(12)21/h1-4,6,8-10H,5,7,11H2,(H,20,22). The lowest BCUT2D eigenvalue weighted by Gasteiger charge is -2.29. The first kappa shape index (κ1) is 13.7. The number of amides is 1. The second kappa shape index (κ2) is 5.35. The summed E-state index contributed by atoms with van der Waals surface area (Å²) in [6, 6.07) is 15.0. The number of aromatic nitrogens is 2.